The summed E-state index contributed by atoms with van der Waals surface area (Å²) in [6.07, 6.45) is 0. The van der Waals surface area contributed by atoms with Crippen molar-refractivity contribution in [2.45, 2.75) is 20.5 Å². The van der Waals surface area contributed by atoms with E-state index in [0.717, 1.165) is 22.6 Å². The van der Waals surface area contributed by atoms with Crippen molar-refractivity contribution >= 4 is 5.69 Å². The van der Waals surface area contributed by atoms with Gasteiger partial charge in [0.05, 0.1) is 0 Å². The van der Waals surface area contributed by atoms with Crippen LogP contribution in [0.2, 0.25) is 0 Å². The Bertz CT molecular complexity index is 488. The first kappa shape index (κ1) is 11.4. The maximum atomic E-state index is 5.61. The summed E-state index contributed by atoms with van der Waals surface area (Å²) in [4.78, 5) is 8.42. The minimum atomic E-state index is 0.416. The summed E-state index contributed by atoms with van der Waals surface area (Å²) in [6, 6.07) is 9.88. The van der Waals surface area contributed by atoms with Crippen molar-refractivity contribution in [2.75, 3.05) is 5.73 Å². The number of aromatic nitrogens is 2. The molecule has 0 aliphatic heterocycles. The van der Waals surface area contributed by atoms with Gasteiger partial charge in [0.2, 0.25) is 0 Å². The molecule has 0 saturated carbocycles. The summed E-state index contributed by atoms with van der Waals surface area (Å²) in [7, 11) is 0. The van der Waals surface area contributed by atoms with Crippen LogP contribution in [0.1, 0.15) is 17.0 Å². The smallest absolute Gasteiger partial charge is 0.317 e. The largest absolute Gasteiger partial charge is 0.459 e. The standard InChI is InChI=1S/C13H15N3O/c1-9-7-10(2)16-13(15-9)17-8-11-3-5-12(14)6-4-11/h3-7H,8,14H2,1-2H3. The number of nitrogen functional groups attached to an aromatic ring is 1. The Kier molecular flexibility index (Phi) is 3.23. The third-order valence-electron chi connectivity index (χ3n) is 2.31. The fourth-order valence-electron chi connectivity index (χ4n) is 1.52. The van der Waals surface area contributed by atoms with Gasteiger partial charge in [-0.05, 0) is 37.6 Å². The van der Waals surface area contributed by atoms with Gasteiger partial charge < -0.3 is 10.5 Å². The van der Waals surface area contributed by atoms with Gasteiger partial charge in [0.15, 0.2) is 0 Å². The average molecular weight is 229 g/mol. The Hall–Kier alpha value is -2.10. The molecular weight excluding hydrogens is 214 g/mol. The van der Waals surface area contributed by atoms with Gasteiger partial charge in [-0.2, -0.15) is 0 Å². The molecule has 1 aromatic carbocycles. The Morgan fingerprint density at radius 2 is 1.65 bits per heavy atom. The molecule has 88 valence electrons. The number of rotatable bonds is 3. The van der Waals surface area contributed by atoms with Gasteiger partial charge in [0.1, 0.15) is 6.61 Å². The van der Waals surface area contributed by atoms with Crippen LogP contribution in [0.5, 0.6) is 6.01 Å². The lowest BCUT2D eigenvalue weighted by Crippen LogP contribution is -2.01. The molecule has 0 amide bonds. The quantitative estimate of drug-likeness (QED) is 0.820. The number of nitrogens with two attached hydrogens (primary N) is 1. The van der Waals surface area contributed by atoms with Crippen LogP contribution < -0.4 is 10.5 Å². The first-order valence-electron chi connectivity index (χ1n) is 5.43. The number of aryl methyl sites for hydroxylation is 2. The number of ether oxygens (including phenoxy) is 1. The predicted molar refractivity (Wildman–Crippen MR) is 66.7 cm³/mol. The summed E-state index contributed by atoms with van der Waals surface area (Å²) in [5, 5.41) is 0. The second kappa shape index (κ2) is 4.82. The third kappa shape index (κ3) is 3.17. The summed E-state index contributed by atoms with van der Waals surface area (Å²) in [5.41, 5.74) is 9.21. The van der Waals surface area contributed by atoms with Crippen LogP contribution in [0.15, 0.2) is 30.3 Å². The lowest BCUT2D eigenvalue weighted by Gasteiger charge is -2.06. The zero-order chi connectivity index (χ0) is 12.3. The molecule has 1 heterocycles. The van der Waals surface area contributed by atoms with Crippen LogP contribution in [0.3, 0.4) is 0 Å². The van der Waals surface area contributed by atoms with E-state index in [9.17, 15) is 0 Å². The molecule has 0 fully saturated rings. The third-order valence-corrected chi connectivity index (χ3v) is 2.31. The van der Waals surface area contributed by atoms with E-state index in [-0.39, 0.29) is 0 Å². The number of nitrogens with zero attached hydrogens (tertiary/aromatic N) is 2. The molecule has 4 heteroatoms. The molecule has 0 saturated heterocycles. The molecule has 0 aliphatic rings. The first-order chi connectivity index (χ1) is 8.13. The van der Waals surface area contributed by atoms with Gasteiger partial charge in [-0.1, -0.05) is 12.1 Å². The first-order valence-corrected chi connectivity index (χ1v) is 5.43. The molecule has 4 nitrogen and oxygen atoms in total. The van der Waals surface area contributed by atoms with E-state index in [1.165, 1.54) is 0 Å². The van der Waals surface area contributed by atoms with Crippen molar-refractivity contribution in [3.8, 4) is 6.01 Å². The van der Waals surface area contributed by atoms with Crippen molar-refractivity contribution in [3.05, 3.63) is 47.3 Å². The number of hydrogen-bond donors (Lipinski definition) is 1. The molecule has 17 heavy (non-hydrogen) atoms. The van der Waals surface area contributed by atoms with E-state index in [1.807, 2.05) is 44.2 Å². The summed E-state index contributed by atoms with van der Waals surface area (Å²) in [5.74, 6) is 0. The highest BCUT2D eigenvalue weighted by Gasteiger charge is 2.01. The zero-order valence-electron chi connectivity index (χ0n) is 9.97. The molecule has 0 atom stereocenters. The van der Waals surface area contributed by atoms with Crippen LogP contribution in [-0.4, -0.2) is 9.97 Å². The van der Waals surface area contributed by atoms with Crippen LogP contribution in [0.25, 0.3) is 0 Å². The van der Waals surface area contributed by atoms with Gasteiger partial charge in [-0.25, -0.2) is 9.97 Å². The number of hydrogen-bond acceptors (Lipinski definition) is 4. The summed E-state index contributed by atoms with van der Waals surface area (Å²) in [6.45, 7) is 4.29. The van der Waals surface area contributed by atoms with Gasteiger partial charge >= 0.3 is 6.01 Å². The Morgan fingerprint density at radius 3 is 2.24 bits per heavy atom. The van der Waals surface area contributed by atoms with Crippen molar-refractivity contribution < 1.29 is 4.74 Å². The highest BCUT2D eigenvalue weighted by molar-refractivity contribution is 5.39. The lowest BCUT2D eigenvalue weighted by molar-refractivity contribution is 0.279. The van der Waals surface area contributed by atoms with E-state index in [0.29, 0.717) is 12.6 Å². The highest BCUT2D eigenvalue weighted by Crippen LogP contribution is 2.10. The lowest BCUT2D eigenvalue weighted by atomic mass is 10.2. The molecule has 0 bridgehead atoms. The van der Waals surface area contributed by atoms with E-state index < -0.39 is 0 Å². The van der Waals surface area contributed by atoms with Gasteiger partial charge in [-0.15, -0.1) is 0 Å². The average Bonchev–Trinajstić information content (AvgIpc) is 2.27. The Morgan fingerprint density at radius 1 is 1.06 bits per heavy atom. The molecule has 2 rings (SSSR count). The highest BCUT2D eigenvalue weighted by atomic mass is 16.5. The molecular formula is C13H15N3O. The molecule has 0 radical (unpaired) electrons. The van der Waals surface area contributed by atoms with Crippen molar-refractivity contribution in [1.29, 1.82) is 0 Å². The molecule has 0 aliphatic carbocycles. The zero-order valence-corrected chi connectivity index (χ0v) is 9.97. The summed E-state index contributed by atoms with van der Waals surface area (Å²) >= 11 is 0. The minimum absolute atomic E-state index is 0.416. The minimum Gasteiger partial charge on any atom is -0.459 e. The molecule has 2 aromatic rings. The van der Waals surface area contributed by atoms with Crippen LogP contribution in [-0.2, 0) is 6.61 Å². The Balaban J connectivity index is 2.04. The fraction of sp³-hybridized carbons (Fsp3) is 0.231. The second-order valence-electron chi connectivity index (χ2n) is 3.96. The number of anilines is 1. The molecule has 2 N–H and O–H groups in total. The number of benzene rings is 1. The van der Waals surface area contributed by atoms with Crippen molar-refractivity contribution in [3.63, 3.8) is 0 Å². The Labute approximate surface area is 100 Å². The van der Waals surface area contributed by atoms with E-state index in [1.54, 1.807) is 0 Å². The summed E-state index contributed by atoms with van der Waals surface area (Å²) < 4.78 is 5.53. The van der Waals surface area contributed by atoms with E-state index in [2.05, 4.69) is 9.97 Å². The predicted octanol–water partition coefficient (Wildman–Crippen LogP) is 2.25. The fourth-order valence-corrected chi connectivity index (χ4v) is 1.52. The maximum Gasteiger partial charge on any atom is 0.317 e. The molecule has 0 unspecified atom stereocenters. The van der Waals surface area contributed by atoms with Crippen LogP contribution in [0, 0.1) is 13.8 Å². The normalized spacial score (nSPS) is 10.2. The maximum absolute atomic E-state index is 5.61. The van der Waals surface area contributed by atoms with Gasteiger partial charge in [-0.3, -0.25) is 0 Å². The van der Waals surface area contributed by atoms with Gasteiger partial charge in [0.25, 0.3) is 0 Å². The van der Waals surface area contributed by atoms with Gasteiger partial charge in [0, 0.05) is 17.1 Å². The van der Waals surface area contributed by atoms with E-state index in [4.69, 9.17) is 10.5 Å². The topological polar surface area (TPSA) is 61.0 Å². The molecule has 1 aromatic heterocycles. The SMILES string of the molecule is Cc1cc(C)nc(OCc2ccc(N)cc2)n1. The van der Waals surface area contributed by atoms with Crippen molar-refractivity contribution in [2.24, 2.45) is 0 Å². The second-order valence-corrected chi connectivity index (χ2v) is 3.96. The van der Waals surface area contributed by atoms with Crippen molar-refractivity contribution in [1.82, 2.24) is 9.97 Å². The molecule has 0 spiro atoms. The van der Waals surface area contributed by atoms with Crippen LogP contribution >= 0.6 is 0 Å². The monoisotopic (exact) mass is 229 g/mol. The van der Waals surface area contributed by atoms with E-state index >= 15 is 0 Å². The van der Waals surface area contributed by atoms with Crippen LogP contribution in [0.4, 0.5) is 5.69 Å².